The summed E-state index contributed by atoms with van der Waals surface area (Å²) in [4.78, 5) is 13.6. The third-order valence-corrected chi connectivity index (χ3v) is 3.06. The summed E-state index contributed by atoms with van der Waals surface area (Å²) in [7, 11) is 1.41. The van der Waals surface area contributed by atoms with Crippen molar-refractivity contribution in [2.24, 2.45) is 5.92 Å². The van der Waals surface area contributed by atoms with Crippen LogP contribution in [0.3, 0.4) is 0 Å². The van der Waals surface area contributed by atoms with Crippen LogP contribution in [0.5, 0.6) is 0 Å². The Morgan fingerprint density at radius 3 is 2.73 bits per heavy atom. The highest BCUT2D eigenvalue weighted by Crippen LogP contribution is 2.24. The second-order valence-corrected chi connectivity index (χ2v) is 4.54. The van der Waals surface area contributed by atoms with Crippen molar-refractivity contribution >= 4 is 5.97 Å². The molecule has 1 rings (SSSR count). The monoisotopic (exact) mass is 211 g/mol. The van der Waals surface area contributed by atoms with E-state index in [0.29, 0.717) is 17.5 Å². The Hall–Kier alpha value is -0.830. The van der Waals surface area contributed by atoms with Crippen LogP contribution < -0.4 is 0 Å². The molecule has 0 aromatic carbocycles. The van der Waals surface area contributed by atoms with Gasteiger partial charge in [-0.2, -0.15) is 0 Å². The number of ether oxygens (including phenoxy) is 1. The molecule has 0 aromatic rings. The zero-order valence-electron chi connectivity index (χ0n) is 9.95. The van der Waals surface area contributed by atoms with Gasteiger partial charge in [-0.1, -0.05) is 6.58 Å². The molecule has 0 aromatic heterocycles. The fourth-order valence-electron chi connectivity index (χ4n) is 2.07. The Balaban J connectivity index is 2.36. The zero-order valence-corrected chi connectivity index (χ0v) is 9.95. The van der Waals surface area contributed by atoms with E-state index in [1.54, 1.807) is 0 Å². The largest absolute Gasteiger partial charge is 0.466 e. The van der Waals surface area contributed by atoms with E-state index in [1.807, 2.05) is 0 Å². The van der Waals surface area contributed by atoms with Gasteiger partial charge in [-0.3, -0.25) is 0 Å². The minimum absolute atomic E-state index is 0.266. The van der Waals surface area contributed by atoms with Gasteiger partial charge in [0.1, 0.15) is 0 Å². The molecule has 1 aliphatic rings. The van der Waals surface area contributed by atoms with Gasteiger partial charge >= 0.3 is 5.97 Å². The van der Waals surface area contributed by atoms with Crippen molar-refractivity contribution in [3.8, 4) is 0 Å². The van der Waals surface area contributed by atoms with Crippen molar-refractivity contribution in [1.82, 2.24) is 4.90 Å². The van der Waals surface area contributed by atoms with Crippen molar-refractivity contribution in [2.75, 3.05) is 20.2 Å². The molecule has 1 unspecified atom stereocenters. The van der Waals surface area contributed by atoms with Crippen molar-refractivity contribution in [3.63, 3.8) is 0 Å². The Labute approximate surface area is 92.1 Å². The van der Waals surface area contributed by atoms with E-state index in [0.717, 1.165) is 25.9 Å². The average molecular weight is 211 g/mol. The van der Waals surface area contributed by atoms with Gasteiger partial charge in [0.25, 0.3) is 0 Å². The number of esters is 1. The van der Waals surface area contributed by atoms with Crippen LogP contribution in [-0.2, 0) is 9.53 Å². The fourth-order valence-corrected chi connectivity index (χ4v) is 2.07. The van der Waals surface area contributed by atoms with Gasteiger partial charge in [-0.25, -0.2) is 4.79 Å². The summed E-state index contributed by atoms with van der Waals surface area (Å²) in [6.45, 7) is 10.4. The summed E-state index contributed by atoms with van der Waals surface area (Å²) in [6.07, 6.45) is 1.93. The number of hydrogen-bond donors (Lipinski definition) is 0. The predicted molar refractivity (Wildman–Crippen MR) is 60.6 cm³/mol. The van der Waals surface area contributed by atoms with Crippen LogP contribution in [0.15, 0.2) is 12.2 Å². The maximum Gasteiger partial charge on any atom is 0.333 e. The van der Waals surface area contributed by atoms with E-state index in [4.69, 9.17) is 0 Å². The topological polar surface area (TPSA) is 29.5 Å². The van der Waals surface area contributed by atoms with E-state index in [1.165, 1.54) is 7.11 Å². The number of carbonyl (C=O) groups is 1. The third kappa shape index (κ3) is 3.34. The quantitative estimate of drug-likeness (QED) is 0.525. The second kappa shape index (κ2) is 5.31. The lowest BCUT2D eigenvalue weighted by Gasteiger charge is -2.20. The molecule has 1 heterocycles. The van der Waals surface area contributed by atoms with Crippen molar-refractivity contribution < 1.29 is 9.53 Å². The van der Waals surface area contributed by atoms with E-state index >= 15 is 0 Å². The highest BCUT2D eigenvalue weighted by Gasteiger charge is 2.25. The van der Waals surface area contributed by atoms with E-state index in [9.17, 15) is 4.79 Å². The lowest BCUT2D eigenvalue weighted by atomic mass is 10.00. The molecule has 0 spiro atoms. The molecular formula is C12H21NO2. The molecular weight excluding hydrogens is 190 g/mol. The minimum atomic E-state index is -0.266. The molecule has 3 heteroatoms. The molecule has 0 N–H and O–H groups in total. The van der Waals surface area contributed by atoms with Crippen LogP contribution >= 0.6 is 0 Å². The smallest absolute Gasteiger partial charge is 0.333 e. The molecule has 0 radical (unpaired) electrons. The zero-order chi connectivity index (χ0) is 11.4. The number of rotatable bonds is 4. The van der Waals surface area contributed by atoms with Gasteiger partial charge < -0.3 is 9.64 Å². The first-order chi connectivity index (χ1) is 7.04. The van der Waals surface area contributed by atoms with Gasteiger partial charge in [0.15, 0.2) is 0 Å². The molecule has 0 amide bonds. The van der Waals surface area contributed by atoms with Gasteiger partial charge in [0, 0.05) is 18.2 Å². The highest BCUT2D eigenvalue weighted by molar-refractivity contribution is 5.87. The lowest BCUT2D eigenvalue weighted by molar-refractivity contribution is -0.136. The molecule has 0 saturated carbocycles. The van der Waals surface area contributed by atoms with E-state index < -0.39 is 0 Å². The maximum absolute atomic E-state index is 11.2. The van der Waals surface area contributed by atoms with Crippen LogP contribution in [0.25, 0.3) is 0 Å². The van der Waals surface area contributed by atoms with Crippen LogP contribution in [0.4, 0.5) is 0 Å². The first-order valence-corrected chi connectivity index (χ1v) is 5.54. The standard InChI is InChI=1S/C12H21NO2/c1-9(2)13-6-5-11(8-13)7-10(3)12(14)15-4/h9,11H,3,5-8H2,1-2,4H3. The van der Waals surface area contributed by atoms with Crippen LogP contribution in [0.1, 0.15) is 26.7 Å². The number of hydrogen-bond acceptors (Lipinski definition) is 3. The minimum Gasteiger partial charge on any atom is -0.466 e. The molecule has 1 aliphatic heterocycles. The fraction of sp³-hybridized carbons (Fsp3) is 0.750. The Morgan fingerprint density at radius 1 is 1.60 bits per heavy atom. The Morgan fingerprint density at radius 2 is 2.27 bits per heavy atom. The maximum atomic E-state index is 11.2. The Kier molecular flexibility index (Phi) is 4.33. The summed E-state index contributed by atoms with van der Waals surface area (Å²) in [5.41, 5.74) is 0.605. The number of methoxy groups -OCH3 is 1. The summed E-state index contributed by atoms with van der Waals surface area (Å²) in [5.74, 6) is 0.303. The first-order valence-electron chi connectivity index (χ1n) is 5.54. The molecule has 1 fully saturated rings. The summed E-state index contributed by atoms with van der Waals surface area (Å²) < 4.78 is 4.64. The van der Waals surface area contributed by atoms with Gasteiger partial charge in [-0.05, 0) is 39.2 Å². The first kappa shape index (κ1) is 12.2. The molecule has 86 valence electrons. The van der Waals surface area contributed by atoms with Crippen LogP contribution in [0.2, 0.25) is 0 Å². The van der Waals surface area contributed by atoms with Gasteiger partial charge in [0.05, 0.1) is 7.11 Å². The molecule has 1 saturated heterocycles. The predicted octanol–water partition coefficient (Wildman–Crippen LogP) is 1.84. The normalized spacial score (nSPS) is 22.0. The lowest BCUT2D eigenvalue weighted by Crippen LogP contribution is -2.28. The Bertz CT molecular complexity index is 248. The highest BCUT2D eigenvalue weighted by atomic mass is 16.5. The van der Waals surface area contributed by atoms with Gasteiger partial charge in [-0.15, -0.1) is 0 Å². The second-order valence-electron chi connectivity index (χ2n) is 4.54. The van der Waals surface area contributed by atoms with Crippen molar-refractivity contribution in [1.29, 1.82) is 0 Å². The molecule has 3 nitrogen and oxygen atoms in total. The van der Waals surface area contributed by atoms with E-state index in [-0.39, 0.29) is 5.97 Å². The summed E-state index contributed by atoms with van der Waals surface area (Å²) in [6, 6.07) is 0.599. The van der Waals surface area contributed by atoms with Crippen LogP contribution in [0, 0.1) is 5.92 Å². The summed E-state index contributed by atoms with van der Waals surface area (Å²) in [5, 5.41) is 0. The average Bonchev–Trinajstić information content (AvgIpc) is 2.65. The molecule has 0 bridgehead atoms. The van der Waals surface area contributed by atoms with E-state index in [2.05, 4.69) is 30.1 Å². The summed E-state index contributed by atoms with van der Waals surface area (Å²) >= 11 is 0. The number of carbonyl (C=O) groups excluding carboxylic acids is 1. The third-order valence-electron chi connectivity index (χ3n) is 3.06. The SMILES string of the molecule is C=C(CC1CCN(C(C)C)C1)C(=O)OC. The van der Waals surface area contributed by atoms with Crippen molar-refractivity contribution in [3.05, 3.63) is 12.2 Å². The van der Waals surface area contributed by atoms with Crippen LogP contribution in [-0.4, -0.2) is 37.1 Å². The van der Waals surface area contributed by atoms with Gasteiger partial charge in [0.2, 0.25) is 0 Å². The number of likely N-dealkylation sites (tertiary alicyclic amines) is 1. The van der Waals surface area contributed by atoms with Crippen molar-refractivity contribution in [2.45, 2.75) is 32.7 Å². The number of nitrogens with zero attached hydrogens (tertiary/aromatic N) is 1. The molecule has 15 heavy (non-hydrogen) atoms. The molecule has 0 aliphatic carbocycles. The molecule has 1 atom stereocenters.